The van der Waals surface area contributed by atoms with E-state index in [-0.39, 0.29) is 28.7 Å². The summed E-state index contributed by atoms with van der Waals surface area (Å²) in [5.74, 6) is -0.369. The van der Waals surface area contributed by atoms with Gasteiger partial charge in [-0.1, -0.05) is 23.7 Å². The van der Waals surface area contributed by atoms with Crippen LogP contribution in [-0.2, 0) is 11.2 Å². The van der Waals surface area contributed by atoms with E-state index in [1.807, 2.05) is 0 Å². The number of carbonyl (C=O) groups is 1. The highest BCUT2D eigenvalue weighted by Gasteiger charge is 2.16. The molecule has 2 aromatic carbocycles. The first-order valence-corrected chi connectivity index (χ1v) is 6.42. The second-order valence-corrected chi connectivity index (χ2v) is 4.83. The molecule has 0 aromatic heterocycles. The number of nitro benzene ring substituents is 1. The number of carbonyl (C=O) groups excluding carboxylic acids is 1. The maximum absolute atomic E-state index is 11.9. The predicted molar refractivity (Wildman–Crippen MR) is 81.3 cm³/mol. The maximum Gasteiger partial charge on any atom is 0.294 e. The second-order valence-electron chi connectivity index (χ2n) is 4.39. The number of hydrogen-bond acceptors (Lipinski definition) is 4. The number of nitrogens with two attached hydrogens (primary N) is 1. The van der Waals surface area contributed by atoms with Gasteiger partial charge in [0.2, 0.25) is 5.91 Å². The minimum Gasteiger partial charge on any atom is -0.399 e. The smallest absolute Gasteiger partial charge is 0.294 e. The maximum atomic E-state index is 11.9. The molecule has 7 heteroatoms. The predicted octanol–water partition coefficient (Wildman–Crippen LogP) is 3.01. The Kier molecular flexibility index (Phi) is 4.39. The van der Waals surface area contributed by atoms with Crippen LogP contribution in [0.15, 0.2) is 42.5 Å². The van der Waals surface area contributed by atoms with Gasteiger partial charge in [-0.3, -0.25) is 14.9 Å². The molecule has 0 spiro atoms. The quantitative estimate of drug-likeness (QED) is 0.515. The number of nitrogen functional groups attached to an aromatic ring is 1. The molecule has 0 saturated heterocycles. The molecule has 0 fully saturated rings. The van der Waals surface area contributed by atoms with Crippen molar-refractivity contribution in [1.82, 2.24) is 0 Å². The van der Waals surface area contributed by atoms with E-state index in [0.717, 1.165) is 5.56 Å². The standard InChI is InChI=1S/C14H12ClN3O3/c15-10-4-5-12(13(8-10)18(20)21)17-14(19)7-9-2-1-3-11(16)6-9/h1-6,8H,7,16H2,(H,17,19). The molecular weight excluding hydrogens is 294 g/mol. The summed E-state index contributed by atoms with van der Waals surface area (Å²) >= 11 is 5.71. The second kappa shape index (κ2) is 6.23. The van der Waals surface area contributed by atoms with Gasteiger partial charge in [0.05, 0.1) is 11.3 Å². The van der Waals surface area contributed by atoms with Crippen molar-refractivity contribution in [3.63, 3.8) is 0 Å². The lowest BCUT2D eigenvalue weighted by Crippen LogP contribution is -2.15. The number of nitrogens with one attached hydrogen (secondary N) is 1. The molecule has 0 aliphatic carbocycles. The highest BCUT2D eigenvalue weighted by molar-refractivity contribution is 6.31. The van der Waals surface area contributed by atoms with Crippen LogP contribution in [0.2, 0.25) is 5.02 Å². The van der Waals surface area contributed by atoms with Crippen LogP contribution in [0.4, 0.5) is 17.1 Å². The molecular formula is C14H12ClN3O3. The summed E-state index contributed by atoms with van der Waals surface area (Å²) in [6.45, 7) is 0. The Morgan fingerprint density at radius 3 is 2.71 bits per heavy atom. The fourth-order valence-corrected chi connectivity index (χ4v) is 2.01. The van der Waals surface area contributed by atoms with Crippen LogP contribution in [0.25, 0.3) is 0 Å². The fourth-order valence-electron chi connectivity index (χ4n) is 1.84. The highest BCUT2D eigenvalue weighted by atomic mass is 35.5. The van der Waals surface area contributed by atoms with E-state index in [2.05, 4.69) is 5.32 Å². The molecule has 2 rings (SSSR count). The Morgan fingerprint density at radius 2 is 2.05 bits per heavy atom. The normalized spacial score (nSPS) is 10.1. The van der Waals surface area contributed by atoms with Crippen LogP contribution in [0, 0.1) is 10.1 Å². The van der Waals surface area contributed by atoms with E-state index >= 15 is 0 Å². The molecule has 21 heavy (non-hydrogen) atoms. The first-order chi connectivity index (χ1) is 9.95. The van der Waals surface area contributed by atoms with Gasteiger partial charge in [-0.2, -0.15) is 0 Å². The van der Waals surface area contributed by atoms with Crippen molar-refractivity contribution in [1.29, 1.82) is 0 Å². The van der Waals surface area contributed by atoms with E-state index in [1.54, 1.807) is 24.3 Å². The lowest BCUT2D eigenvalue weighted by molar-refractivity contribution is -0.383. The van der Waals surface area contributed by atoms with Gasteiger partial charge in [0.1, 0.15) is 5.69 Å². The molecule has 2 aromatic rings. The van der Waals surface area contributed by atoms with Crippen molar-refractivity contribution in [3.8, 4) is 0 Å². The number of hydrogen-bond donors (Lipinski definition) is 2. The third-order valence-electron chi connectivity index (χ3n) is 2.75. The van der Waals surface area contributed by atoms with Crippen LogP contribution in [0.5, 0.6) is 0 Å². The summed E-state index contributed by atoms with van der Waals surface area (Å²) in [4.78, 5) is 22.3. The molecule has 0 heterocycles. The molecule has 0 atom stereocenters. The number of nitro groups is 1. The number of benzene rings is 2. The van der Waals surface area contributed by atoms with Crippen LogP contribution in [-0.4, -0.2) is 10.8 Å². The molecule has 0 aliphatic heterocycles. The van der Waals surface area contributed by atoms with Crippen LogP contribution < -0.4 is 11.1 Å². The SMILES string of the molecule is Nc1cccc(CC(=O)Nc2ccc(Cl)cc2[N+](=O)[O-])c1. The summed E-state index contributed by atoms with van der Waals surface area (Å²) in [5.41, 5.74) is 6.77. The van der Waals surface area contributed by atoms with Crippen LogP contribution in [0.1, 0.15) is 5.56 Å². The summed E-state index contributed by atoms with van der Waals surface area (Å²) < 4.78 is 0. The molecule has 0 aliphatic rings. The van der Waals surface area contributed by atoms with E-state index in [1.165, 1.54) is 18.2 Å². The van der Waals surface area contributed by atoms with Gasteiger partial charge < -0.3 is 11.1 Å². The number of halogens is 1. The molecule has 1 amide bonds. The summed E-state index contributed by atoms with van der Waals surface area (Å²) in [7, 11) is 0. The van der Waals surface area contributed by atoms with E-state index in [0.29, 0.717) is 5.69 Å². The zero-order valence-corrected chi connectivity index (χ0v) is 11.6. The van der Waals surface area contributed by atoms with E-state index in [9.17, 15) is 14.9 Å². The lowest BCUT2D eigenvalue weighted by atomic mass is 10.1. The molecule has 0 bridgehead atoms. The fraction of sp³-hybridized carbons (Fsp3) is 0.0714. The Morgan fingerprint density at radius 1 is 1.29 bits per heavy atom. The Bertz CT molecular complexity index is 704. The van der Waals surface area contributed by atoms with Gasteiger partial charge in [-0.05, 0) is 29.8 Å². The topological polar surface area (TPSA) is 98.3 Å². The van der Waals surface area contributed by atoms with E-state index in [4.69, 9.17) is 17.3 Å². The Balaban J connectivity index is 2.15. The number of rotatable bonds is 4. The van der Waals surface area contributed by atoms with Gasteiger partial charge in [-0.15, -0.1) is 0 Å². The molecule has 6 nitrogen and oxygen atoms in total. The van der Waals surface area contributed by atoms with Crippen molar-refractivity contribution in [2.24, 2.45) is 0 Å². The zero-order valence-electron chi connectivity index (χ0n) is 10.9. The van der Waals surface area contributed by atoms with Gasteiger partial charge in [0, 0.05) is 16.8 Å². The van der Waals surface area contributed by atoms with Crippen LogP contribution >= 0.6 is 11.6 Å². The summed E-state index contributed by atoms with van der Waals surface area (Å²) in [6.07, 6.45) is 0.0742. The first kappa shape index (κ1) is 14.8. The van der Waals surface area contributed by atoms with Gasteiger partial charge >= 0.3 is 0 Å². The van der Waals surface area contributed by atoms with Gasteiger partial charge in [0.25, 0.3) is 5.69 Å². The van der Waals surface area contributed by atoms with Crippen LogP contribution in [0.3, 0.4) is 0 Å². The van der Waals surface area contributed by atoms with Crippen molar-refractivity contribution in [3.05, 3.63) is 63.2 Å². The number of nitrogens with zero attached hydrogens (tertiary/aromatic N) is 1. The lowest BCUT2D eigenvalue weighted by Gasteiger charge is -2.07. The summed E-state index contributed by atoms with van der Waals surface area (Å²) in [5, 5.41) is 13.7. The molecule has 0 saturated carbocycles. The van der Waals surface area contributed by atoms with Gasteiger partial charge in [0.15, 0.2) is 0 Å². The van der Waals surface area contributed by atoms with Crippen molar-refractivity contribution >= 4 is 34.6 Å². The van der Waals surface area contributed by atoms with Crippen molar-refractivity contribution < 1.29 is 9.72 Å². The molecule has 0 radical (unpaired) electrons. The van der Waals surface area contributed by atoms with Crippen molar-refractivity contribution in [2.75, 3.05) is 11.1 Å². The number of amides is 1. The van der Waals surface area contributed by atoms with Crippen molar-refractivity contribution in [2.45, 2.75) is 6.42 Å². The average Bonchev–Trinajstić information content (AvgIpc) is 2.40. The minimum atomic E-state index is -0.595. The third kappa shape index (κ3) is 3.93. The zero-order chi connectivity index (χ0) is 15.4. The number of anilines is 2. The minimum absolute atomic E-state index is 0.0742. The highest BCUT2D eigenvalue weighted by Crippen LogP contribution is 2.27. The Labute approximate surface area is 125 Å². The average molecular weight is 306 g/mol. The molecule has 0 unspecified atom stereocenters. The van der Waals surface area contributed by atoms with E-state index < -0.39 is 4.92 Å². The first-order valence-electron chi connectivity index (χ1n) is 6.04. The Hall–Kier alpha value is -2.60. The molecule has 3 N–H and O–H groups in total. The third-order valence-corrected chi connectivity index (χ3v) is 2.98. The largest absolute Gasteiger partial charge is 0.399 e. The van der Waals surface area contributed by atoms with Gasteiger partial charge in [-0.25, -0.2) is 0 Å². The monoisotopic (exact) mass is 305 g/mol. The summed E-state index contributed by atoms with van der Waals surface area (Å²) in [6, 6.07) is 11.0. The molecule has 108 valence electrons.